The normalized spacial score (nSPS) is 17.0. The van der Waals surface area contributed by atoms with Gasteiger partial charge in [-0.25, -0.2) is 0 Å². The van der Waals surface area contributed by atoms with Crippen LogP contribution in [0, 0.1) is 0 Å². The van der Waals surface area contributed by atoms with Crippen LogP contribution < -0.4 is 0 Å². The van der Waals surface area contributed by atoms with Crippen LogP contribution in [0.15, 0.2) is 23.6 Å². The zero-order chi connectivity index (χ0) is 8.27. The van der Waals surface area contributed by atoms with Crippen molar-refractivity contribution >= 4 is 0 Å². The third kappa shape index (κ3) is 1.76. The highest BCUT2D eigenvalue weighted by Crippen LogP contribution is 2.20. The summed E-state index contributed by atoms with van der Waals surface area (Å²) < 4.78 is 5.22. The molecule has 0 saturated carbocycles. The SMILES string of the molecule is COC1=C(N(C)C)CCC=C1. The van der Waals surface area contributed by atoms with E-state index in [0.29, 0.717) is 0 Å². The molecule has 0 aromatic rings. The molecule has 0 radical (unpaired) electrons. The fraction of sp³-hybridized carbons (Fsp3) is 0.556. The van der Waals surface area contributed by atoms with Crippen molar-refractivity contribution in [3.63, 3.8) is 0 Å². The van der Waals surface area contributed by atoms with Gasteiger partial charge in [0.1, 0.15) is 5.76 Å². The third-order valence-corrected chi connectivity index (χ3v) is 1.86. The Hall–Kier alpha value is -0.920. The number of allylic oxidation sites excluding steroid dienone is 3. The standard InChI is InChI=1S/C9H15NO/c1-10(2)8-6-4-5-7-9(8)11-3/h5,7H,4,6H2,1-3H3. The average Bonchev–Trinajstić information content (AvgIpc) is 2.04. The number of hydrogen-bond donors (Lipinski definition) is 0. The Balaban J connectivity index is 2.82. The Bertz CT molecular complexity index is 192. The molecule has 1 aliphatic rings. The molecule has 0 aliphatic heterocycles. The van der Waals surface area contributed by atoms with Crippen molar-refractivity contribution in [2.24, 2.45) is 0 Å². The molecule has 0 bridgehead atoms. The van der Waals surface area contributed by atoms with Crippen molar-refractivity contribution in [1.29, 1.82) is 0 Å². The van der Waals surface area contributed by atoms with E-state index in [9.17, 15) is 0 Å². The van der Waals surface area contributed by atoms with E-state index in [1.54, 1.807) is 7.11 Å². The van der Waals surface area contributed by atoms with Gasteiger partial charge in [-0.3, -0.25) is 0 Å². The third-order valence-electron chi connectivity index (χ3n) is 1.86. The van der Waals surface area contributed by atoms with E-state index in [1.165, 1.54) is 5.70 Å². The van der Waals surface area contributed by atoms with Crippen molar-refractivity contribution in [1.82, 2.24) is 4.90 Å². The molecule has 0 unspecified atom stereocenters. The number of rotatable bonds is 2. The number of methoxy groups -OCH3 is 1. The molecule has 0 heterocycles. The van der Waals surface area contributed by atoms with Crippen molar-refractivity contribution in [2.75, 3.05) is 21.2 Å². The molecule has 0 spiro atoms. The molecule has 11 heavy (non-hydrogen) atoms. The first-order valence-electron chi connectivity index (χ1n) is 3.86. The highest BCUT2D eigenvalue weighted by molar-refractivity contribution is 5.23. The number of ether oxygens (including phenoxy) is 1. The lowest BCUT2D eigenvalue weighted by atomic mass is 10.1. The predicted octanol–water partition coefficient (Wildman–Crippen LogP) is 1.76. The average molecular weight is 153 g/mol. The predicted molar refractivity (Wildman–Crippen MR) is 46.1 cm³/mol. The second kappa shape index (κ2) is 3.46. The zero-order valence-electron chi connectivity index (χ0n) is 7.42. The molecule has 2 nitrogen and oxygen atoms in total. The summed E-state index contributed by atoms with van der Waals surface area (Å²) in [5.41, 5.74) is 1.29. The van der Waals surface area contributed by atoms with Gasteiger partial charge in [0.2, 0.25) is 0 Å². The minimum atomic E-state index is 1.00. The minimum absolute atomic E-state index is 1.00. The van der Waals surface area contributed by atoms with Gasteiger partial charge in [0.05, 0.1) is 12.8 Å². The molecule has 0 amide bonds. The second-order valence-electron chi connectivity index (χ2n) is 2.85. The van der Waals surface area contributed by atoms with Crippen LogP contribution in [0.3, 0.4) is 0 Å². The maximum Gasteiger partial charge on any atom is 0.137 e. The van der Waals surface area contributed by atoms with Gasteiger partial charge in [0.15, 0.2) is 0 Å². The fourth-order valence-electron chi connectivity index (χ4n) is 1.26. The molecular weight excluding hydrogens is 138 g/mol. The van der Waals surface area contributed by atoms with Gasteiger partial charge in [-0.05, 0) is 18.9 Å². The summed E-state index contributed by atoms with van der Waals surface area (Å²) in [5, 5.41) is 0. The first kappa shape index (κ1) is 8.18. The highest BCUT2D eigenvalue weighted by atomic mass is 16.5. The first-order valence-corrected chi connectivity index (χ1v) is 3.86. The molecule has 62 valence electrons. The maximum atomic E-state index is 5.22. The monoisotopic (exact) mass is 153 g/mol. The smallest absolute Gasteiger partial charge is 0.137 e. The van der Waals surface area contributed by atoms with Crippen LogP contribution in [-0.2, 0) is 4.74 Å². The first-order chi connectivity index (χ1) is 5.25. The quantitative estimate of drug-likeness (QED) is 0.599. The lowest BCUT2D eigenvalue weighted by Crippen LogP contribution is -2.15. The van der Waals surface area contributed by atoms with Gasteiger partial charge in [-0.1, -0.05) is 6.08 Å². The summed E-state index contributed by atoms with van der Waals surface area (Å²) in [7, 11) is 5.82. The summed E-state index contributed by atoms with van der Waals surface area (Å²) in [6.45, 7) is 0. The fourth-order valence-corrected chi connectivity index (χ4v) is 1.26. The molecular formula is C9H15NO. The highest BCUT2D eigenvalue weighted by Gasteiger charge is 2.09. The van der Waals surface area contributed by atoms with Crippen LogP contribution in [0.25, 0.3) is 0 Å². The molecule has 1 rings (SSSR count). The van der Waals surface area contributed by atoms with E-state index in [2.05, 4.69) is 11.0 Å². The summed E-state index contributed by atoms with van der Waals surface area (Å²) >= 11 is 0. The van der Waals surface area contributed by atoms with E-state index in [4.69, 9.17) is 4.74 Å². The van der Waals surface area contributed by atoms with E-state index >= 15 is 0 Å². The van der Waals surface area contributed by atoms with Gasteiger partial charge >= 0.3 is 0 Å². The van der Waals surface area contributed by atoms with Gasteiger partial charge in [0.25, 0.3) is 0 Å². The molecule has 2 heteroatoms. The second-order valence-corrected chi connectivity index (χ2v) is 2.85. The Morgan fingerprint density at radius 1 is 1.45 bits per heavy atom. The Labute approximate surface area is 68.1 Å². The van der Waals surface area contributed by atoms with Gasteiger partial charge in [-0.15, -0.1) is 0 Å². The largest absolute Gasteiger partial charge is 0.495 e. The molecule has 0 fully saturated rings. The van der Waals surface area contributed by atoms with Crippen molar-refractivity contribution in [2.45, 2.75) is 12.8 Å². The molecule has 0 atom stereocenters. The number of nitrogens with zero attached hydrogens (tertiary/aromatic N) is 1. The Morgan fingerprint density at radius 3 is 2.64 bits per heavy atom. The molecule has 0 aromatic heterocycles. The van der Waals surface area contributed by atoms with E-state index in [1.807, 2.05) is 20.2 Å². The summed E-state index contributed by atoms with van der Waals surface area (Å²) in [5.74, 6) is 1.00. The molecule has 0 aromatic carbocycles. The van der Waals surface area contributed by atoms with E-state index < -0.39 is 0 Å². The van der Waals surface area contributed by atoms with E-state index in [0.717, 1.165) is 18.6 Å². The van der Waals surface area contributed by atoms with Crippen molar-refractivity contribution in [3.05, 3.63) is 23.6 Å². The van der Waals surface area contributed by atoms with E-state index in [-0.39, 0.29) is 0 Å². The van der Waals surface area contributed by atoms with Crippen LogP contribution in [0.5, 0.6) is 0 Å². The minimum Gasteiger partial charge on any atom is -0.495 e. The zero-order valence-corrected chi connectivity index (χ0v) is 7.42. The van der Waals surface area contributed by atoms with Crippen LogP contribution in [0.4, 0.5) is 0 Å². The van der Waals surface area contributed by atoms with Gasteiger partial charge in [0, 0.05) is 14.1 Å². The Kier molecular flexibility index (Phi) is 2.58. The maximum absolute atomic E-state index is 5.22. The van der Waals surface area contributed by atoms with Gasteiger partial charge in [-0.2, -0.15) is 0 Å². The van der Waals surface area contributed by atoms with Crippen LogP contribution in [0.1, 0.15) is 12.8 Å². The van der Waals surface area contributed by atoms with Gasteiger partial charge < -0.3 is 9.64 Å². The molecule has 1 aliphatic carbocycles. The lowest BCUT2D eigenvalue weighted by Gasteiger charge is -2.21. The van der Waals surface area contributed by atoms with Crippen molar-refractivity contribution < 1.29 is 4.74 Å². The summed E-state index contributed by atoms with van der Waals surface area (Å²) in [6.07, 6.45) is 6.40. The topological polar surface area (TPSA) is 12.5 Å². The number of hydrogen-bond acceptors (Lipinski definition) is 2. The van der Waals surface area contributed by atoms with Crippen LogP contribution >= 0.6 is 0 Å². The molecule has 0 N–H and O–H groups in total. The summed E-state index contributed by atoms with van der Waals surface area (Å²) in [4.78, 5) is 2.11. The van der Waals surface area contributed by atoms with Crippen LogP contribution in [0.2, 0.25) is 0 Å². The van der Waals surface area contributed by atoms with Crippen LogP contribution in [-0.4, -0.2) is 26.1 Å². The summed E-state index contributed by atoms with van der Waals surface area (Å²) in [6, 6.07) is 0. The lowest BCUT2D eigenvalue weighted by molar-refractivity contribution is 0.281. The Morgan fingerprint density at radius 2 is 2.18 bits per heavy atom. The molecule has 0 saturated heterocycles. The van der Waals surface area contributed by atoms with Crippen molar-refractivity contribution in [3.8, 4) is 0 Å².